The van der Waals surface area contributed by atoms with Crippen LogP contribution in [0, 0.1) is 34.6 Å². The van der Waals surface area contributed by atoms with E-state index in [1.54, 1.807) is 32.9 Å². The molecule has 1 aromatic carbocycles. The van der Waals surface area contributed by atoms with E-state index in [1.165, 1.54) is 0 Å². The lowest BCUT2D eigenvalue weighted by atomic mass is 10.1. The first-order valence-corrected chi connectivity index (χ1v) is 8.11. The van der Waals surface area contributed by atoms with Crippen molar-refractivity contribution in [3.8, 4) is 0 Å². The smallest absolute Gasteiger partial charge is 0.342 e. The fourth-order valence-corrected chi connectivity index (χ4v) is 2.44. The van der Waals surface area contributed by atoms with Crippen LogP contribution in [0.3, 0.4) is 0 Å². The summed E-state index contributed by atoms with van der Waals surface area (Å²) in [6.45, 7) is 8.44. The topological polar surface area (TPSA) is 97.6 Å². The Hall–Kier alpha value is -3.09. The van der Waals surface area contributed by atoms with E-state index in [0.717, 1.165) is 11.1 Å². The quantitative estimate of drug-likeness (QED) is 0.817. The number of carbonyl (C=O) groups excluding carboxylic acids is 3. The number of carbonyl (C=O) groups is 3. The normalized spacial score (nSPS) is 10.3. The summed E-state index contributed by atoms with van der Waals surface area (Å²) in [5, 5.41) is 4.67. The van der Waals surface area contributed by atoms with Crippen molar-refractivity contribution in [1.29, 1.82) is 0 Å². The van der Waals surface area contributed by atoms with Gasteiger partial charge in [-0.1, -0.05) is 6.07 Å². The number of esters is 1. The maximum absolute atomic E-state index is 12.1. The number of rotatable bonds is 4. The van der Waals surface area contributed by atoms with Crippen molar-refractivity contribution in [3.05, 3.63) is 52.0 Å². The average molecular weight is 358 g/mol. The summed E-state index contributed by atoms with van der Waals surface area (Å²) in [4.78, 5) is 35.7. The number of hydrogen-bond acceptors (Lipinski definition) is 5. The van der Waals surface area contributed by atoms with Crippen LogP contribution in [0.1, 0.15) is 38.6 Å². The molecule has 0 saturated carbocycles. The van der Waals surface area contributed by atoms with Crippen LogP contribution < -0.4 is 10.6 Å². The highest BCUT2D eigenvalue weighted by Crippen LogP contribution is 2.21. The van der Waals surface area contributed by atoms with Crippen molar-refractivity contribution in [2.45, 2.75) is 34.6 Å². The zero-order chi connectivity index (χ0) is 19.4. The maximum atomic E-state index is 12.1. The molecule has 0 spiro atoms. The number of amides is 3. The largest absolute Gasteiger partial charge is 0.465 e. The van der Waals surface area contributed by atoms with E-state index in [0.29, 0.717) is 28.3 Å². The number of hydrogen-bond donors (Lipinski definition) is 2. The van der Waals surface area contributed by atoms with Crippen molar-refractivity contribution >= 4 is 23.6 Å². The molecule has 0 radical (unpaired) electrons. The van der Waals surface area contributed by atoms with Crippen molar-refractivity contribution in [3.63, 3.8) is 0 Å². The summed E-state index contributed by atoms with van der Waals surface area (Å²) in [6, 6.07) is 4.71. The van der Waals surface area contributed by atoms with Crippen molar-refractivity contribution < 1.29 is 23.5 Å². The molecule has 2 N–H and O–H groups in total. The monoisotopic (exact) mass is 358 g/mol. The highest BCUT2D eigenvalue weighted by atomic mass is 16.5. The predicted octanol–water partition coefficient (Wildman–Crippen LogP) is 3.33. The number of urea groups is 1. The van der Waals surface area contributed by atoms with E-state index in [1.807, 2.05) is 19.9 Å². The van der Waals surface area contributed by atoms with Gasteiger partial charge >= 0.3 is 12.0 Å². The van der Waals surface area contributed by atoms with Gasteiger partial charge in [-0.25, -0.2) is 9.59 Å². The van der Waals surface area contributed by atoms with Gasteiger partial charge in [-0.05, 0) is 57.9 Å². The SMILES string of the molecule is Cc1ccc(NC(=O)NC(=O)COC(=O)c2c(C)oc(C)c2C)cc1C. The van der Waals surface area contributed by atoms with E-state index in [9.17, 15) is 14.4 Å². The summed E-state index contributed by atoms with van der Waals surface area (Å²) in [5.41, 5.74) is 3.65. The van der Waals surface area contributed by atoms with Crippen LogP contribution in [0.4, 0.5) is 10.5 Å². The van der Waals surface area contributed by atoms with Gasteiger partial charge in [-0.3, -0.25) is 10.1 Å². The third-order valence-electron chi connectivity index (χ3n) is 4.12. The molecule has 0 unspecified atom stereocenters. The second kappa shape index (κ2) is 7.86. The van der Waals surface area contributed by atoms with Crippen LogP contribution in [-0.4, -0.2) is 24.5 Å². The molecule has 0 saturated heterocycles. The molecule has 7 nitrogen and oxygen atoms in total. The third-order valence-corrected chi connectivity index (χ3v) is 4.12. The van der Waals surface area contributed by atoms with Gasteiger partial charge < -0.3 is 14.5 Å². The average Bonchev–Trinajstić information content (AvgIpc) is 2.81. The van der Waals surface area contributed by atoms with Crippen LogP contribution in [0.15, 0.2) is 22.6 Å². The van der Waals surface area contributed by atoms with E-state index in [-0.39, 0.29) is 0 Å². The van der Waals surface area contributed by atoms with Crippen LogP contribution in [0.25, 0.3) is 0 Å². The molecule has 138 valence electrons. The van der Waals surface area contributed by atoms with Crippen LogP contribution in [-0.2, 0) is 9.53 Å². The molecule has 0 atom stereocenters. The lowest BCUT2D eigenvalue weighted by molar-refractivity contribution is -0.123. The van der Waals surface area contributed by atoms with Crippen molar-refractivity contribution in [1.82, 2.24) is 5.32 Å². The Morgan fingerprint density at radius 1 is 1.00 bits per heavy atom. The molecule has 2 rings (SSSR count). The third kappa shape index (κ3) is 4.50. The molecule has 0 fully saturated rings. The molecule has 0 bridgehead atoms. The Bertz CT molecular complexity index is 867. The first-order valence-electron chi connectivity index (χ1n) is 8.11. The summed E-state index contributed by atoms with van der Waals surface area (Å²) >= 11 is 0. The van der Waals surface area contributed by atoms with E-state index in [4.69, 9.17) is 9.15 Å². The molecule has 0 aliphatic heterocycles. The van der Waals surface area contributed by atoms with Gasteiger partial charge in [0.2, 0.25) is 0 Å². The molecule has 26 heavy (non-hydrogen) atoms. The van der Waals surface area contributed by atoms with E-state index >= 15 is 0 Å². The van der Waals surface area contributed by atoms with Crippen LogP contribution in [0.5, 0.6) is 0 Å². The molecule has 1 aromatic heterocycles. The molecule has 3 amide bonds. The van der Waals surface area contributed by atoms with Crippen LogP contribution >= 0.6 is 0 Å². The number of benzene rings is 1. The summed E-state index contributed by atoms with van der Waals surface area (Å²) in [7, 11) is 0. The number of furan rings is 1. The Labute approximate surface area is 151 Å². The second-order valence-corrected chi connectivity index (χ2v) is 6.09. The molecule has 2 aromatic rings. The summed E-state index contributed by atoms with van der Waals surface area (Å²) < 4.78 is 10.3. The van der Waals surface area contributed by atoms with Gasteiger partial charge in [0.05, 0.1) is 0 Å². The van der Waals surface area contributed by atoms with E-state index < -0.39 is 24.5 Å². The van der Waals surface area contributed by atoms with Gasteiger partial charge in [0.25, 0.3) is 5.91 Å². The second-order valence-electron chi connectivity index (χ2n) is 6.09. The molecule has 0 aliphatic carbocycles. The molecular weight excluding hydrogens is 336 g/mol. The number of ether oxygens (including phenoxy) is 1. The zero-order valence-electron chi connectivity index (χ0n) is 15.5. The molecule has 7 heteroatoms. The first kappa shape index (κ1) is 19.2. The summed E-state index contributed by atoms with van der Waals surface area (Å²) in [6.07, 6.45) is 0. The standard InChI is InChI=1S/C19H22N2O5/c1-10-6-7-15(8-11(10)2)20-19(24)21-16(22)9-25-18(23)17-12(3)13(4)26-14(17)5/h6-8H,9H2,1-5H3,(H2,20,21,22,24). The number of nitrogens with one attached hydrogen (secondary N) is 2. The van der Waals surface area contributed by atoms with E-state index in [2.05, 4.69) is 10.6 Å². The Morgan fingerprint density at radius 3 is 2.27 bits per heavy atom. The number of aryl methyl sites for hydroxylation is 4. The predicted molar refractivity (Wildman–Crippen MR) is 96.3 cm³/mol. The number of imide groups is 1. The number of anilines is 1. The zero-order valence-corrected chi connectivity index (χ0v) is 15.5. The summed E-state index contributed by atoms with van der Waals surface area (Å²) in [5.74, 6) is -0.346. The molecule has 1 heterocycles. The van der Waals surface area contributed by atoms with Crippen LogP contribution in [0.2, 0.25) is 0 Å². The minimum atomic E-state index is -0.727. The minimum Gasteiger partial charge on any atom is -0.465 e. The Balaban J connectivity index is 1.87. The molecule has 0 aliphatic rings. The van der Waals surface area contributed by atoms with Gasteiger partial charge in [0, 0.05) is 11.3 Å². The minimum absolute atomic E-state index is 0.301. The lowest BCUT2D eigenvalue weighted by Crippen LogP contribution is -2.37. The van der Waals surface area contributed by atoms with Gasteiger partial charge in [-0.15, -0.1) is 0 Å². The Morgan fingerprint density at radius 2 is 1.69 bits per heavy atom. The fraction of sp³-hybridized carbons (Fsp3) is 0.316. The van der Waals surface area contributed by atoms with Gasteiger partial charge in [0.15, 0.2) is 6.61 Å². The van der Waals surface area contributed by atoms with Crippen molar-refractivity contribution in [2.75, 3.05) is 11.9 Å². The van der Waals surface area contributed by atoms with Gasteiger partial charge in [0.1, 0.15) is 17.1 Å². The van der Waals surface area contributed by atoms with Gasteiger partial charge in [-0.2, -0.15) is 0 Å². The first-order chi connectivity index (χ1) is 12.2. The lowest BCUT2D eigenvalue weighted by Gasteiger charge is -2.09. The highest BCUT2D eigenvalue weighted by molar-refractivity contribution is 6.02. The maximum Gasteiger partial charge on any atom is 0.342 e. The molecular formula is C19H22N2O5. The highest BCUT2D eigenvalue weighted by Gasteiger charge is 2.21. The van der Waals surface area contributed by atoms with Crippen molar-refractivity contribution in [2.24, 2.45) is 0 Å². The Kier molecular flexibility index (Phi) is 5.82. The fourth-order valence-electron chi connectivity index (χ4n) is 2.44.